The molecule has 164 valence electrons. The quantitative estimate of drug-likeness (QED) is 0.317. The van der Waals surface area contributed by atoms with E-state index >= 15 is 0 Å². The first kappa shape index (κ1) is 20.9. The maximum Gasteiger partial charge on any atom is 0.359 e. The van der Waals surface area contributed by atoms with Crippen molar-refractivity contribution >= 4 is 27.5 Å². The molecule has 0 atom stereocenters. The van der Waals surface area contributed by atoms with Crippen LogP contribution in [0.5, 0.6) is 0 Å². The van der Waals surface area contributed by atoms with E-state index in [1.165, 1.54) is 29.3 Å². The summed E-state index contributed by atoms with van der Waals surface area (Å²) in [6.45, 7) is 4.09. The fourth-order valence-corrected chi connectivity index (χ4v) is 4.22. The topological polar surface area (TPSA) is 104 Å². The highest BCUT2D eigenvalue weighted by Crippen LogP contribution is 2.30. The molecule has 0 amide bonds. The molecule has 33 heavy (non-hydrogen) atoms. The molecular formula is C24H19N5O3S. The Bertz CT molecular complexity index is 1390. The third-order valence-electron chi connectivity index (χ3n) is 5.02. The molecule has 9 heteroatoms. The standard InChI is InChI=1S/C24H19N5O3S/c1-14(2)15-7-9-16(10-8-15)22-28-19(32-29-22)13-31-24(30)21-20(25-11-12-26-21)23-27-17-5-3-4-6-18(17)33-23/h3-12,14H,13H2,1-2H3. The second-order valence-electron chi connectivity index (χ2n) is 7.60. The minimum Gasteiger partial charge on any atom is -0.451 e. The van der Waals surface area contributed by atoms with Crippen molar-refractivity contribution in [3.8, 4) is 22.1 Å². The van der Waals surface area contributed by atoms with E-state index < -0.39 is 5.97 Å². The first-order valence-electron chi connectivity index (χ1n) is 10.4. The van der Waals surface area contributed by atoms with Crippen LogP contribution in [0.3, 0.4) is 0 Å². The lowest BCUT2D eigenvalue weighted by atomic mass is 10.0. The van der Waals surface area contributed by atoms with Gasteiger partial charge >= 0.3 is 5.97 Å². The number of benzene rings is 2. The molecule has 0 N–H and O–H groups in total. The molecule has 0 unspecified atom stereocenters. The van der Waals surface area contributed by atoms with Gasteiger partial charge in [0.25, 0.3) is 5.89 Å². The predicted molar refractivity (Wildman–Crippen MR) is 124 cm³/mol. The predicted octanol–water partition coefficient (Wildman–Crippen LogP) is 5.28. The summed E-state index contributed by atoms with van der Waals surface area (Å²) >= 11 is 1.44. The Morgan fingerprint density at radius 2 is 1.82 bits per heavy atom. The van der Waals surface area contributed by atoms with Crippen molar-refractivity contribution < 1.29 is 14.1 Å². The normalized spacial score (nSPS) is 11.2. The molecule has 0 bridgehead atoms. The Balaban J connectivity index is 1.31. The number of para-hydroxylation sites is 1. The van der Waals surface area contributed by atoms with E-state index in [4.69, 9.17) is 9.26 Å². The number of ether oxygens (including phenoxy) is 1. The van der Waals surface area contributed by atoms with Gasteiger partial charge in [-0.25, -0.2) is 19.7 Å². The Kier molecular flexibility index (Phi) is 5.62. The summed E-state index contributed by atoms with van der Waals surface area (Å²) in [6.07, 6.45) is 2.96. The highest BCUT2D eigenvalue weighted by atomic mass is 32.1. The third kappa shape index (κ3) is 4.35. The second kappa shape index (κ2) is 8.87. The van der Waals surface area contributed by atoms with Crippen LogP contribution in [0.1, 0.15) is 41.7 Å². The molecule has 8 nitrogen and oxygen atoms in total. The van der Waals surface area contributed by atoms with Crippen molar-refractivity contribution in [1.82, 2.24) is 25.1 Å². The number of aromatic nitrogens is 5. The Morgan fingerprint density at radius 1 is 1.03 bits per heavy atom. The van der Waals surface area contributed by atoms with E-state index in [0.717, 1.165) is 15.8 Å². The van der Waals surface area contributed by atoms with Crippen LogP contribution in [0.25, 0.3) is 32.3 Å². The van der Waals surface area contributed by atoms with Gasteiger partial charge < -0.3 is 9.26 Å². The Labute approximate surface area is 193 Å². The average molecular weight is 458 g/mol. The molecule has 0 aliphatic carbocycles. The van der Waals surface area contributed by atoms with Crippen molar-refractivity contribution in [2.75, 3.05) is 0 Å². The van der Waals surface area contributed by atoms with Crippen molar-refractivity contribution in [1.29, 1.82) is 0 Å². The average Bonchev–Trinajstić information content (AvgIpc) is 3.50. The van der Waals surface area contributed by atoms with Gasteiger partial charge in [0.1, 0.15) is 10.7 Å². The van der Waals surface area contributed by atoms with E-state index in [2.05, 4.69) is 38.9 Å². The molecule has 0 fully saturated rings. The molecule has 0 spiro atoms. The number of fused-ring (bicyclic) bond motifs is 1. The van der Waals surface area contributed by atoms with Crippen LogP contribution in [0, 0.1) is 0 Å². The fourth-order valence-electron chi connectivity index (χ4n) is 3.26. The number of carbonyl (C=O) groups is 1. The highest BCUT2D eigenvalue weighted by molar-refractivity contribution is 7.21. The van der Waals surface area contributed by atoms with E-state index in [0.29, 0.717) is 22.4 Å². The molecule has 3 heterocycles. The minimum absolute atomic E-state index is 0.0839. The maximum atomic E-state index is 12.8. The van der Waals surface area contributed by atoms with Gasteiger partial charge in [-0.05, 0) is 23.6 Å². The molecule has 5 rings (SSSR count). The van der Waals surface area contributed by atoms with Gasteiger partial charge in [0.15, 0.2) is 12.3 Å². The van der Waals surface area contributed by atoms with Gasteiger partial charge in [0, 0.05) is 18.0 Å². The minimum atomic E-state index is -0.640. The lowest BCUT2D eigenvalue weighted by Crippen LogP contribution is -2.10. The molecule has 0 aliphatic rings. The Hall–Kier alpha value is -3.98. The third-order valence-corrected chi connectivity index (χ3v) is 6.06. The summed E-state index contributed by atoms with van der Waals surface area (Å²) in [5.74, 6) is 0.425. The van der Waals surface area contributed by atoms with Crippen molar-refractivity contribution in [3.05, 3.63) is 78.1 Å². The highest BCUT2D eigenvalue weighted by Gasteiger charge is 2.21. The van der Waals surface area contributed by atoms with E-state index in [9.17, 15) is 4.79 Å². The van der Waals surface area contributed by atoms with E-state index in [1.807, 2.05) is 48.5 Å². The SMILES string of the molecule is CC(C)c1ccc(-c2noc(COC(=O)c3nccnc3-c3nc4ccccc4s3)n2)cc1. The molecule has 0 saturated carbocycles. The molecule has 2 aromatic carbocycles. The number of hydrogen-bond acceptors (Lipinski definition) is 9. The van der Waals surface area contributed by atoms with Gasteiger partial charge in [-0.2, -0.15) is 4.98 Å². The summed E-state index contributed by atoms with van der Waals surface area (Å²) in [7, 11) is 0. The number of esters is 1. The molecule has 0 saturated heterocycles. The van der Waals surface area contributed by atoms with Crippen LogP contribution in [0.4, 0.5) is 0 Å². The zero-order valence-electron chi connectivity index (χ0n) is 17.9. The smallest absolute Gasteiger partial charge is 0.359 e. The Morgan fingerprint density at radius 3 is 2.61 bits per heavy atom. The first-order chi connectivity index (χ1) is 16.1. The summed E-state index contributed by atoms with van der Waals surface area (Å²) < 4.78 is 11.6. The number of nitrogens with zero attached hydrogens (tertiary/aromatic N) is 5. The van der Waals surface area contributed by atoms with Gasteiger partial charge in [0.2, 0.25) is 5.82 Å². The number of thiazole rings is 1. The number of rotatable bonds is 6. The molecule has 3 aromatic heterocycles. The zero-order chi connectivity index (χ0) is 22.8. The van der Waals surface area contributed by atoms with Gasteiger partial charge in [-0.3, -0.25) is 0 Å². The van der Waals surface area contributed by atoms with Crippen LogP contribution >= 0.6 is 11.3 Å². The first-order valence-corrected chi connectivity index (χ1v) is 11.2. The van der Waals surface area contributed by atoms with Gasteiger partial charge in [-0.1, -0.05) is 55.4 Å². The number of hydrogen-bond donors (Lipinski definition) is 0. The lowest BCUT2D eigenvalue weighted by Gasteiger charge is -2.05. The summed E-state index contributed by atoms with van der Waals surface area (Å²) in [6, 6.07) is 15.7. The number of carbonyl (C=O) groups excluding carboxylic acids is 1. The van der Waals surface area contributed by atoms with Crippen molar-refractivity contribution in [3.63, 3.8) is 0 Å². The molecule has 0 radical (unpaired) electrons. The molecule has 0 aliphatic heterocycles. The molecule has 5 aromatic rings. The van der Waals surface area contributed by atoms with Crippen LogP contribution in [-0.4, -0.2) is 31.1 Å². The summed E-state index contributed by atoms with van der Waals surface area (Å²) in [4.78, 5) is 30.2. The van der Waals surface area contributed by atoms with Gasteiger partial charge in [-0.15, -0.1) is 11.3 Å². The van der Waals surface area contributed by atoms with Crippen LogP contribution in [0.2, 0.25) is 0 Å². The summed E-state index contributed by atoms with van der Waals surface area (Å²) in [5.41, 5.74) is 3.35. The second-order valence-corrected chi connectivity index (χ2v) is 8.64. The molecular weight excluding hydrogens is 438 g/mol. The fraction of sp³-hybridized carbons (Fsp3) is 0.167. The van der Waals surface area contributed by atoms with Crippen molar-refractivity contribution in [2.24, 2.45) is 0 Å². The van der Waals surface area contributed by atoms with E-state index in [-0.39, 0.29) is 18.2 Å². The van der Waals surface area contributed by atoms with Crippen molar-refractivity contribution in [2.45, 2.75) is 26.4 Å². The van der Waals surface area contributed by atoms with Crippen LogP contribution in [0.15, 0.2) is 65.4 Å². The largest absolute Gasteiger partial charge is 0.451 e. The zero-order valence-corrected chi connectivity index (χ0v) is 18.7. The van der Waals surface area contributed by atoms with Crippen LogP contribution in [-0.2, 0) is 11.3 Å². The monoisotopic (exact) mass is 457 g/mol. The summed E-state index contributed by atoms with van der Waals surface area (Å²) in [5, 5.41) is 4.59. The van der Waals surface area contributed by atoms with Crippen LogP contribution < -0.4 is 0 Å². The lowest BCUT2D eigenvalue weighted by molar-refractivity contribution is 0.0423. The maximum absolute atomic E-state index is 12.8. The van der Waals surface area contributed by atoms with Gasteiger partial charge in [0.05, 0.1) is 10.2 Å². The van der Waals surface area contributed by atoms with E-state index in [1.54, 1.807) is 0 Å².